The maximum Gasteiger partial charge on any atom is 0.243 e. The summed E-state index contributed by atoms with van der Waals surface area (Å²) >= 11 is 0. The lowest BCUT2D eigenvalue weighted by molar-refractivity contribution is -0.129. The fraction of sp³-hybridized carbons (Fsp3) is 0.421. The van der Waals surface area contributed by atoms with Gasteiger partial charge in [-0.15, -0.1) is 0 Å². The van der Waals surface area contributed by atoms with Gasteiger partial charge in [0.05, 0.1) is 12.0 Å². The lowest BCUT2D eigenvalue weighted by Crippen LogP contribution is -2.49. The number of hydrogen-bond acceptors (Lipinski definition) is 3. The molecule has 1 atom stereocenters. The van der Waals surface area contributed by atoms with Crippen LogP contribution in [-0.4, -0.2) is 27.4 Å². The van der Waals surface area contributed by atoms with Crippen LogP contribution < -0.4 is 10.6 Å². The van der Waals surface area contributed by atoms with Crippen LogP contribution >= 0.6 is 0 Å². The van der Waals surface area contributed by atoms with Gasteiger partial charge in [-0.05, 0) is 30.4 Å². The Morgan fingerprint density at radius 3 is 2.72 bits per heavy atom. The summed E-state index contributed by atoms with van der Waals surface area (Å²) in [6.45, 7) is 1.87. The number of nitrogens with one attached hydrogen (secondary N) is 2. The molecule has 1 aromatic carbocycles. The summed E-state index contributed by atoms with van der Waals surface area (Å²) in [7, 11) is 0. The third-order valence-corrected chi connectivity index (χ3v) is 4.74. The van der Waals surface area contributed by atoms with E-state index in [-0.39, 0.29) is 17.7 Å². The van der Waals surface area contributed by atoms with E-state index in [0.29, 0.717) is 6.54 Å². The maximum atomic E-state index is 12.7. The minimum absolute atomic E-state index is 0.109. The second kappa shape index (κ2) is 7.96. The molecular formula is C19H24N4O2. The number of nitrogens with zero attached hydrogens (tertiary/aromatic N) is 2. The van der Waals surface area contributed by atoms with Crippen molar-refractivity contribution in [3.63, 3.8) is 0 Å². The Morgan fingerprint density at radius 2 is 2.04 bits per heavy atom. The van der Waals surface area contributed by atoms with Crippen molar-refractivity contribution in [3.8, 4) is 5.69 Å². The molecule has 0 saturated heterocycles. The Balaban J connectivity index is 1.69. The summed E-state index contributed by atoms with van der Waals surface area (Å²) < 4.78 is 1.92. The highest BCUT2D eigenvalue weighted by Gasteiger charge is 2.31. The summed E-state index contributed by atoms with van der Waals surface area (Å²) in [4.78, 5) is 28.3. The molecule has 2 N–H and O–H groups in total. The SMILES string of the molecule is CC(=O)NC(C(=O)NCc1ccccc1-n1ccnc1)C1CCCC1. The third-order valence-electron chi connectivity index (χ3n) is 4.74. The molecule has 132 valence electrons. The van der Waals surface area contributed by atoms with Crippen molar-refractivity contribution >= 4 is 11.8 Å². The number of aromatic nitrogens is 2. The van der Waals surface area contributed by atoms with Gasteiger partial charge < -0.3 is 15.2 Å². The van der Waals surface area contributed by atoms with Crippen LogP contribution in [0.3, 0.4) is 0 Å². The van der Waals surface area contributed by atoms with Crippen molar-refractivity contribution in [2.24, 2.45) is 5.92 Å². The highest BCUT2D eigenvalue weighted by Crippen LogP contribution is 2.28. The van der Waals surface area contributed by atoms with Crippen molar-refractivity contribution in [1.82, 2.24) is 20.2 Å². The Kier molecular flexibility index (Phi) is 5.48. The predicted molar refractivity (Wildman–Crippen MR) is 95.0 cm³/mol. The number of para-hydroxylation sites is 1. The van der Waals surface area contributed by atoms with Crippen LogP contribution in [0, 0.1) is 5.92 Å². The molecular weight excluding hydrogens is 316 g/mol. The summed E-state index contributed by atoms with van der Waals surface area (Å²) in [5, 5.41) is 5.83. The van der Waals surface area contributed by atoms with E-state index in [9.17, 15) is 9.59 Å². The summed E-state index contributed by atoms with van der Waals surface area (Å²) in [5.74, 6) is -0.0406. The van der Waals surface area contributed by atoms with Gasteiger partial charge >= 0.3 is 0 Å². The van der Waals surface area contributed by atoms with Crippen molar-refractivity contribution in [2.75, 3.05) is 0 Å². The van der Waals surface area contributed by atoms with Crippen molar-refractivity contribution in [3.05, 3.63) is 48.5 Å². The average Bonchev–Trinajstić information content (AvgIpc) is 3.31. The standard InChI is InChI=1S/C19H24N4O2/c1-14(24)22-18(15-6-2-3-7-15)19(25)21-12-16-8-4-5-9-17(16)23-11-10-20-13-23/h4-5,8-11,13,15,18H,2-3,6-7,12H2,1H3,(H,21,25)(H,22,24). The van der Waals surface area contributed by atoms with E-state index < -0.39 is 6.04 Å². The molecule has 1 unspecified atom stereocenters. The minimum Gasteiger partial charge on any atom is -0.350 e. The first-order valence-corrected chi connectivity index (χ1v) is 8.76. The van der Waals surface area contributed by atoms with Crippen LogP contribution in [0.15, 0.2) is 43.0 Å². The van der Waals surface area contributed by atoms with Crippen LogP contribution in [-0.2, 0) is 16.1 Å². The summed E-state index contributed by atoms with van der Waals surface area (Å²) in [6.07, 6.45) is 9.56. The number of amides is 2. The Morgan fingerprint density at radius 1 is 1.28 bits per heavy atom. The molecule has 3 rings (SSSR count). The molecule has 6 nitrogen and oxygen atoms in total. The maximum absolute atomic E-state index is 12.7. The third kappa shape index (κ3) is 4.26. The first-order chi connectivity index (χ1) is 12.1. The van der Waals surface area contributed by atoms with Gasteiger partial charge in [-0.25, -0.2) is 4.98 Å². The highest BCUT2D eigenvalue weighted by molar-refractivity contribution is 5.87. The monoisotopic (exact) mass is 340 g/mol. The van der Waals surface area contributed by atoms with Gasteiger partial charge in [0.1, 0.15) is 6.04 Å². The fourth-order valence-corrected chi connectivity index (χ4v) is 3.51. The molecule has 1 fully saturated rings. The first-order valence-electron chi connectivity index (χ1n) is 8.76. The minimum atomic E-state index is -0.444. The van der Waals surface area contributed by atoms with Gasteiger partial charge in [0.2, 0.25) is 11.8 Å². The van der Waals surface area contributed by atoms with Gasteiger partial charge in [-0.3, -0.25) is 9.59 Å². The molecule has 1 aromatic heterocycles. The summed E-state index contributed by atoms with van der Waals surface area (Å²) in [6, 6.07) is 7.44. The van der Waals surface area contributed by atoms with E-state index in [2.05, 4.69) is 15.6 Å². The Labute approximate surface area is 147 Å². The molecule has 6 heteroatoms. The van der Waals surface area contributed by atoms with Crippen molar-refractivity contribution < 1.29 is 9.59 Å². The van der Waals surface area contributed by atoms with E-state index in [0.717, 1.165) is 36.9 Å². The fourth-order valence-electron chi connectivity index (χ4n) is 3.51. The van der Waals surface area contributed by atoms with Crippen LogP contribution in [0.1, 0.15) is 38.2 Å². The van der Waals surface area contributed by atoms with E-state index >= 15 is 0 Å². The Bertz CT molecular complexity index is 721. The molecule has 0 aliphatic heterocycles. The van der Waals surface area contributed by atoms with Crippen molar-refractivity contribution in [1.29, 1.82) is 0 Å². The normalized spacial score (nSPS) is 15.7. The quantitative estimate of drug-likeness (QED) is 0.846. The molecule has 1 aliphatic carbocycles. The van der Waals surface area contributed by atoms with Crippen LogP contribution in [0.4, 0.5) is 0 Å². The van der Waals surface area contributed by atoms with Crippen molar-refractivity contribution in [2.45, 2.75) is 45.2 Å². The molecule has 0 bridgehead atoms. The van der Waals surface area contributed by atoms with Gasteiger partial charge in [0, 0.05) is 25.9 Å². The molecule has 25 heavy (non-hydrogen) atoms. The van der Waals surface area contributed by atoms with Crippen LogP contribution in [0.5, 0.6) is 0 Å². The zero-order valence-corrected chi connectivity index (χ0v) is 14.4. The van der Waals surface area contributed by atoms with E-state index in [1.165, 1.54) is 6.92 Å². The highest BCUT2D eigenvalue weighted by atomic mass is 16.2. The zero-order valence-electron chi connectivity index (χ0n) is 14.4. The van der Waals surface area contributed by atoms with Gasteiger partial charge in [-0.2, -0.15) is 0 Å². The molecule has 1 saturated carbocycles. The first kappa shape index (κ1) is 17.2. The van der Waals surface area contributed by atoms with Crippen LogP contribution in [0.25, 0.3) is 5.69 Å². The number of carbonyl (C=O) groups excluding carboxylic acids is 2. The van der Waals surface area contributed by atoms with E-state index in [1.807, 2.05) is 35.0 Å². The molecule has 1 aliphatic rings. The van der Waals surface area contributed by atoms with Gasteiger partial charge in [0.15, 0.2) is 0 Å². The molecule has 2 aromatic rings. The number of hydrogen-bond donors (Lipinski definition) is 2. The number of carbonyl (C=O) groups is 2. The molecule has 0 spiro atoms. The topological polar surface area (TPSA) is 76.0 Å². The average molecular weight is 340 g/mol. The number of benzene rings is 1. The number of imidazole rings is 1. The summed E-state index contributed by atoms with van der Waals surface area (Å²) in [5.41, 5.74) is 1.99. The second-order valence-electron chi connectivity index (χ2n) is 6.54. The molecule has 2 amide bonds. The molecule has 0 radical (unpaired) electrons. The second-order valence-corrected chi connectivity index (χ2v) is 6.54. The van der Waals surface area contributed by atoms with E-state index in [4.69, 9.17) is 0 Å². The van der Waals surface area contributed by atoms with Crippen LogP contribution in [0.2, 0.25) is 0 Å². The lowest BCUT2D eigenvalue weighted by atomic mass is 9.97. The lowest BCUT2D eigenvalue weighted by Gasteiger charge is -2.23. The predicted octanol–water partition coefficient (Wildman–Crippen LogP) is 2.18. The zero-order chi connectivity index (χ0) is 17.6. The van der Waals surface area contributed by atoms with Gasteiger partial charge in [0.25, 0.3) is 0 Å². The number of rotatable bonds is 6. The molecule has 1 heterocycles. The largest absolute Gasteiger partial charge is 0.350 e. The van der Waals surface area contributed by atoms with E-state index in [1.54, 1.807) is 12.5 Å². The van der Waals surface area contributed by atoms with Gasteiger partial charge in [-0.1, -0.05) is 31.0 Å². The smallest absolute Gasteiger partial charge is 0.243 e. The Hall–Kier alpha value is -2.63.